The van der Waals surface area contributed by atoms with Gasteiger partial charge in [0.1, 0.15) is 5.75 Å². The molecular formula is C25H23N5O2S. The van der Waals surface area contributed by atoms with Gasteiger partial charge in [-0.1, -0.05) is 71.9 Å². The minimum absolute atomic E-state index is 0.147. The summed E-state index contributed by atoms with van der Waals surface area (Å²) in [6, 6.07) is 25.4. The van der Waals surface area contributed by atoms with Crippen LogP contribution in [-0.4, -0.2) is 39.7 Å². The molecular weight excluding hydrogens is 434 g/mol. The average molecular weight is 458 g/mol. The van der Waals surface area contributed by atoms with Gasteiger partial charge in [0.05, 0.1) is 19.1 Å². The lowest BCUT2D eigenvalue weighted by molar-refractivity contribution is -0.118. The molecule has 1 aromatic heterocycles. The molecule has 8 heteroatoms. The van der Waals surface area contributed by atoms with Crippen molar-refractivity contribution in [2.75, 3.05) is 12.9 Å². The number of carbonyl (C=O) groups is 1. The Morgan fingerprint density at radius 2 is 1.85 bits per heavy atom. The van der Waals surface area contributed by atoms with E-state index in [4.69, 9.17) is 4.74 Å². The Kier molecular flexibility index (Phi) is 7.16. The van der Waals surface area contributed by atoms with Crippen LogP contribution in [0.1, 0.15) is 11.1 Å². The van der Waals surface area contributed by atoms with E-state index in [2.05, 4.69) is 20.7 Å². The van der Waals surface area contributed by atoms with Crippen molar-refractivity contribution in [1.82, 2.24) is 20.2 Å². The van der Waals surface area contributed by atoms with Gasteiger partial charge in [-0.25, -0.2) is 5.43 Å². The highest BCUT2D eigenvalue weighted by molar-refractivity contribution is 7.99. The predicted octanol–water partition coefficient (Wildman–Crippen LogP) is 4.49. The van der Waals surface area contributed by atoms with E-state index in [1.165, 1.54) is 11.8 Å². The Morgan fingerprint density at radius 3 is 2.61 bits per heavy atom. The number of aryl methyl sites for hydroxylation is 1. The lowest BCUT2D eigenvalue weighted by Crippen LogP contribution is -2.20. The second kappa shape index (κ2) is 10.6. The minimum Gasteiger partial charge on any atom is -0.497 e. The van der Waals surface area contributed by atoms with Crippen molar-refractivity contribution < 1.29 is 9.53 Å². The summed E-state index contributed by atoms with van der Waals surface area (Å²) in [5.74, 6) is 1.36. The number of nitrogens with zero attached hydrogens (tertiary/aromatic N) is 4. The van der Waals surface area contributed by atoms with Gasteiger partial charge in [0.15, 0.2) is 11.0 Å². The first-order valence-electron chi connectivity index (χ1n) is 10.3. The van der Waals surface area contributed by atoms with Crippen LogP contribution in [0.25, 0.3) is 17.1 Å². The van der Waals surface area contributed by atoms with E-state index in [1.54, 1.807) is 13.3 Å². The zero-order chi connectivity index (χ0) is 23.0. The molecule has 4 aromatic rings. The van der Waals surface area contributed by atoms with Crippen LogP contribution in [0, 0.1) is 6.92 Å². The van der Waals surface area contributed by atoms with Crippen LogP contribution in [0.5, 0.6) is 5.75 Å². The molecule has 0 aliphatic heterocycles. The highest BCUT2D eigenvalue weighted by Crippen LogP contribution is 2.28. The number of benzene rings is 3. The number of nitrogens with one attached hydrogen (secondary N) is 1. The van der Waals surface area contributed by atoms with Crippen LogP contribution >= 0.6 is 11.8 Å². The summed E-state index contributed by atoms with van der Waals surface area (Å²) in [5.41, 5.74) is 6.43. The second-order valence-electron chi connectivity index (χ2n) is 7.20. The summed E-state index contributed by atoms with van der Waals surface area (Å²) in [7, 11) is 1.60. The van der Waals surface area contributed by atoms with Gasteiger partial charge in [-0.3, -0.25) is 9.36 Å². The zero-order valence-electron chi connectivity index (χ0n) is 18.3. The van der Waals surface area contributed by atoms with Crippen LogP contribution in [0.4, 0.5) is 0 Å². The fraction of sp³-hybridized carbons (Fsp3) is 0.120. The summed E-state index contributed by atoms with van der Waals surface area (Å²) >= 11 is 1.31. The van der Waals surface area contributed by atoms with Crippen LogP contribution in [0.3, 0.4) is 0 Å². The highest BCUT2D eigenvalue weighted by Gasteiger charge is 2.17. The molecule has 0 aliphatic carbocycles. The number of carbonyl (C=O) groups excluding carboxylic acids is 1. The first-order chi connectivity index (χ1) is 16.1. The third kappa shape index (κ3) is 5.67. The molecule has 33 heavy (non-hydrogen) atoms. The lowest BCUT2D eigenvalue weighted by Gasteiger charge is -2.10. The average Bonchev–Trinajstić information content (AvgIpc) is 3.28. The Balaban J connectivity index is 1.48. The number of rotatable bonds is 8. The second-order valence-corrected chi connectivity index (χ2v) is 8.14. The standard InChI is InChI=1S/C25H23N5O2S/c1-18-11-13-21(14-12-18)30-24(20-8-4-3-5-9-20)28-29-25(30)33-17-23(31)27-26-16-19-7-6-10-22(15-19)32-2/h3-16H,17H2,1-2H3,(H,27,31)/b26-16+. The molecule has 0 fully saturated rings. The highest BCUT2D eigenvalue weighted by atomic mass is 32.2. The Hall–Kier alpha value is -3.91. The van der Waals surface area contributed by atoms with Crippen LogP contribution < -0.4 is 10.2 Å². The molecule has 1 N–H and O–H groups in total. The minimum atomic E-state index is -0.237. The smallest absolute Gasteiger partial charge is 0.250 e. The fourth-order valence-electron chi connectivity index (χ4n) is 3.13. The van der Waals surface area contributed by atoms with E-state index in [-0.39, 0.29) is 11.7 Å². The van der Waals surface area contributed by atoms with Crippen molar-refractivity contribution >= 4 is 23.9 Å². The van der Waals surface area contributed by atoms with E-state index in [9.17, 15) is 4.79 Å². The van der Waals surface area contributed by atoms with Crippen molar-refractivity contribution in [3.8, 4) is 22.8 Å². The van der Waals surface area contributed by atoms with Gasteiger partial charge in [0.25, 0.3) is 5.91 Å². The van der Waals surface area contributed by atoms with Gasteiger partial charge in [0, 0.05) is 11.3 Å². The number of ether oxygens (including phenoxy) is 1. The Morgan fingerprint density at radius 1 is 1.06 bits per heavy atom. The van der Waals surface area contributed by atoms with E-state index in [0.717, 1.165) is 34.0 Å². The summed E-state index contributed by atoms with van der Waals surface area (Å²) in [5, 5.41) is 13.4. The number of thioether (sulfide) groups is 1. The third-order valence-corrected chi connectivity index (χ3v) is 5.72. The Labute approximate surface area is 196 Å². The van der Waals surface area contributed by atoms with Crippen LogP contribution in [0.2, 0.25) is 0 Å². The molecule has 0 unspecified atom stereocenters. The van der Waals surface area contributed by atoms with Crippen molar-refractivity contribution in [1.29, 1.82) is 0 Å². The van der Waals surface area contributed by atoms with E-state index >= 15 is 0 Å². The Bertz CT molecular complexity index is 1250. The van der Waals surface area contributed by atoms with E-state index < -0.39 is 0 Å². The number of hydrogen-bond donors (Lipinski definition) is 1. The quantitative estimate of drug-likeness (QED) is 0.239. The number of methoxy groups -OCH3 is 1. The van der Waals surface area contributed by atoms with E-state index in [1.807, 2.05) is 90.4 Å². The molecule has 1 amide bonds. The monoisotopic (exact) mass is 457 g/mol. The molecule has 0 saturated heterocycles. The van der Waals surface area contributed by atoms with Gasteiger partial charge in [-0.2, -0.15) is 5.10 Å². The van der Waals surface area contributed by atoms with Crippen LogP contribution in [0.15, 0.2) is 89.1 Å². The van der Waals surface area contributed by atoms with Crippen molar-refractivity contribution in [2.45, 2.75) is 12.1 Å². The van der Waals surface area contributed by atoms with Crippen LogP contribution in [-0.2, 0) is 4.79 Å². The zero-order valence-corrected chi connectivity index (χ0v) is 19.1. The maximum atomic E-state index is 12.4. The molecule has 0 atom stereocenters. The maximum Gasteiger partial charge on any atom is 0.250 e. The molecule has 166 valence electrons. The SMILES string of the molecule is COc1cccc(/C=N/NC(=O)CSc2nnc(-c3ccccc3)n2-c2ccc(C)cc2)c1. The van der Waals surface area contributed by atoms with Gasteiger partial charge in [-0.15, -0.1) is 10.2 Å². The van der Waals surface area contributed by atoms with Gasteiger partial charge < -0.3 is 4.74 Å². The number of aromatic nitrogens is 3. The molecule has 1 heterocycles. The molecule has 0 spiro atoms. The molecule has 7 nitrogen and oxygen atoms in total. The van der Waals surface area contributed by atoms with Crippen molar-refractivity contribution in [3.05, 3.63) is 90.0 Å². The normalized spacial score (nSPS) is 11.0. The van der Waals surface area contributed by atoms with Gasteiger partial charge in [0.2, 0.25) is 0 Å². The molecule has 0 saturated carbocycles. The topological polar surface area (TPSA) is 81.4 Å². The molecule has 0 bridgehead atoms. The molecule has 3 aromatic carbocycles. The van der Waals surface area contributed by atoms with Crippen molar-refractivity contribution in [3.63, 3.8) is 0 Å². The third-order valence-electron chi connectivity index (χ3n) is 4.79. The summed E-state index contributed by atoms with van der Waals surface area (Å²) in [6.45, 7) is 2.04. The summed E-state index contributed by atoms with van der Waals surface area (Å²) in [6.07, 6.45) is 1.58. The molecule has 4 rings (SSSR count). The first-order valence-corrected chi connectivity index (χ1v) is 11.3. The van der Waals surface area contributed by atoms with Gasteiger partial charge >= 0.3 is 0 Å². The number of hydrogen-bond acceptors (Lipinski definition) is 6. The maximum absolute atomic E-state index is 12.4. The number of amides is 1. The first kappa shape index (κ1) is 22.3. The summed E-state index contributed by atoms with van der Waals surface area (Å²) < 4.78 is 7.15. The van der Waals surface area contributed by atoms with Gasteiger partial charge in [-0.05, 0) is 36.8 Å². The molecule has 0 aliphatic rings. The summed E-state index contributed by atoms with van der Waals surface area (Å²) in [4.78, 5) is 12.4. The van der Waals surface area contributed by atoms with Crippen molar-refractivity contribution in [2.24, 2.45) is 5.10 Å². The largest absolute Gasteiger partial charge is 0.497 e. The predicted molar refractivity (Wildman–Crippen MR) is 131 cm³/mol. The van der Waals surface area contributed by atoms with E-state index in [0.29, 0.717) is 5.16 Å². The lowest BCUT2D eigenvalue weighted by atomic mass is 10.2. The molecule has 0 radical (unpaired) electrons. The fourth-order valence-corrected chi connectivity index (χ4v) is 3.87. The number of hydrazone groups is 1.